The first-order chi connectivity index (χ1) is 11.6. The molecule has 0 saturated heterocycles. The Morgan fingerprint density at radius 3 is 2.54 bits per heavy atom. The molecule has 6 heteroatoms. The van der Waals surface area contributed by atoms with E-state index in [1.54, 1.807) is 13.3 Å². The normalized spacial score (nSPS) is 10.8. The Morgan fingerprint density at radius 1 is 1.12 bits per heavy atom. The van der Waals surface area contributed by atoms with Gasteiger partial charge in [0.2, 0.25) is 5.95 Å². The maximum absolute atomic E-state index is 5.72. The fourth-order valence-corrected chi connectivity index (χ4v) is 2.15. The van der Waals surface area contributed by atoms with Crippen molar-refractivity contribution in [3.63, 3.8) is 0 Å². The molecule has 0 fully saturated rings. The number of methoxy groups -OCH3 is 1. The number of aryl methyl sites for hydroxylation is 2. The lowest BCUT2D eigenvalue weighted by Gasteiger charge is -2.10. The maximum Gasteiger partial charge on any atom is 0.243 e. The number of nitrogens with zero attached hydrogens (tertiary/aromatic N) is 3. The summed E-state index contributed by atoms with van der Waals surface area (Å²) in [4.78, 5) is 8.55. The molecule has 0 amide bonds. The van der Waals surface area contributed by atoms with Crippen molar-refractivity contribution in [2.75, 3.05) is 19.1 Å². The summed E-state index contributed by atoms with van der Waals surface area (Å²) in [7, 11) is 1.63. The van der Waals surface area contributed by atoms with Crippen LogP contribution in [0.15, 0.2) is 29.4 Å². The van der Waals surface area contributed by atoms with E-state index in [0.29, 0.717) is 18.3 Å². The first-order valence-electron chi connectivity index (χ1n) is 8.04. The minimum atomic E-state index is 0.482. The quantitative estimate of drug-likeness (QED) is 0.454. The van der Waals surface area contributed by atoms with E-state index in [2.05, 4.69) is 27.4 Å². The van der Waals surface area contributed by atoms with Crippen molar-refractivity contribution in [3.8, 4) is 11.5 Å². The lowest BCUT2D eigenvalue weighted by Crippen LogP contribution is -2.01. The average Bonchev–Trinajstić information content (AvgIpc) is 2.55. The van der Waals surface area contributed by atoms with Gasteiger partial charge in [-0.15, -0.1) is 0 Å². The van der Waals surface area contributed by atoms with Crippen LogP contribution in [0.5, 0.6) is 11.5 Å². The first-order valence-corrected chi connectivity index (χ1v) is 8.04. The number of hydrogen-bond donors (Lipinski definition) is 1. The van der Waals surface area contributed by atoms with E-state index in [0.717, 1.165) is 35.5 Å². The summed E-state index contributed by atoms with van der Waals surface area (Å²) in [6.45, 7) is 6.66. The first kappa shape index (κ1) is 17.7. The number of unbranched alkanes of at least 4 members (excludes halogenated alkanes) is 1. The van der Waals surface area contributed by atoms with Crippen LogP contribution in [0.1, 0.15) is 36.7 Å². The van der Waals surface area contributed by atoms with Gasteiger partial charge in [-0.2, -0.15) is 5.10 Å². The number of nitrogens with one attached hydrogen (secondary N) is 1. The molecule has 0 atom stereocenters. The van der Waals surface area contributed by atoms with Gasteiger partial charge in [-0.3, -0.25) is 0 Å². The molecule has 1 aromatic carbocycles. The van der Waals surface area contributed by atoms with Gasteiger partial charge in [-0.25, -0.2) is 15.4 Å². The molecule has 2 aromatic rings. The molecule has 6 nitrogen and oxygen atoms in total. The molecule has 0 aliphatic heterocycles. The summed E-state index contributed by atoms with van der Waals surface area (Å²) < 4.78 is 11.1. The molecule has 0 spiro atoms. The number of benzene rings is 1. The molecule has 1 N–H and O–H groups in total. The van der Waals surface area contributed by atoms with Gasteiger partial charge in [-0.05, 0) is 50.1 Å². The lowest BCUT2D eigenvalue weighted by molar-refractivity contribution is 0.288. The molecule has 0 unspecified atom stereocenters. The van der Waals surface area contributed by atoms with Gasteiger partial charge in [0.1, 0.15) is 0 Å². The molecule has 128 valence electrons. The van der Waals surface area contributed by atoms with Crippen molar-refractivity contribution in [1.82, 2.24) is 9.97 Å². The van der Waals surface area contributed by atoms with E-state index < -0.39 is 0 Å². The van der Waals surface area contributed by atoms with Gasteiger partial charge >= 0.3 is 0 Å². The minimum Gasteiger partial charge on any atom is -0.493 e. The number of hydrazone groups is 1. The predicted molar refractivity (Wildman–Crippen MR) is 96.1 cm³/mol. The van der Waals surface area contributed by atoms with Crippen LogP contribution in [0.3, 0.4) is 0 Å². The number of anilines is 1. The second-order valence-corrected chi connectivity index (χ2v) is 5.46. The van der Waals surface area contributed by atoms with E-state index in [1.165, 1.54) is 0 Å². The predicted octanol–water partition coefficient (Wildman–Crippen LogP) is 3.73. The average molecular weight is 328 g/mol. The third-order valence-electron chi connectivity index (χ3n) is 3.30. The highest BCUT2D eigenvalue weighted by molar-refractivity contribution is 5.81. The van der Waals surface area contributed by atoms with Crippen molar-refractivity contribution in [1.29, 1.82) is 0 Å². The number of ether oxygens (including phenoxy) is 2. The Kier molecular flexibility index (Phi) is 6.54. The van der Waals surface area contributed by atoms with Crippen molar-refractivity contribution in [2.24, 2.45) is 5.10 Å². The third kappa shape index (κ3) is 5.22. The van der Waals surface area contributed by atoms with Crippen LogP contribution in [0.2, 0.25) is 0 Å². The van der Waals surface area contributed by atoms with E-state index in [-0.39, 0.29) is 0 Å². The number of hydrogen-bond acceptors (Lipinski definition) is 6. The molecule has 1 heterocycles. The molecule has 0 aliphatic rings. The van der Waals surface area contributed by atoms with Crippen LogP contribution in [-0.4, -0.2) is 29.9 Å². The monoisotopic (exact) mass is 328 g/mol. The van der Waals surface area contributed by atoms with Crippen molar-refractivity contribution in [3.05, 3.63) is 41.2 Å². The summed E-state index contributed by atoms with van der Waals surface area (Å²) in [6.07, 6.45) is 3.81. The molecule has 1 aromatic heterocycles. The van der Waals surface area contributed by atoms with E-state index in [1.807, 2.05) is 38.1 Å². The Morgan fingerprint density at radius 2 is 1.88 bits per heavy atom. The fourth-order valence-electron chi connectivity index (χ4n) is 2.15. The van der Waals surface area contributed by atoms with Crippen LogP contribution in [0, 0.1) is 13.8 Å². The molecular weight excluding hydrogens is 304 g/mol. The van der Waals surface area contributed by atoms with E-state index >= 15 is 0 Å². The highest BCUT2D eigenvalue weighted by atomic mass is 16.5. The van der Waals surface area contributed by atoms with Gasteiger partial charge in [0.25, 0.3) is 0 Å². The van der Waals surface area contributed by atoms with Crippen molar-refractivity contribution >= 4 is 12.2 Å². The Hall–Kier alpha value is -2.63. The molecule has 0 saturated carbocycles. The summed E-state index contributed by atoms with van der Waals surface area (Å²) in [6, 6.07) is 7.62. The Bertz CT molecular complexity index is 681. The van der Waals surface area contributed by atoms with Crippen LogP contribution in [0.4, 0.5) is 5.95 Å². The maximum atomic E-state index is 5.72. The van der Waals surface area contributed by atoms with Gasteiger partial charge in [0, 0.05) is 11.4 Å². The smallest absolute Gasteiger partial charge is 0.243 e. The second-order valence-electron chi connectivity index (χ2n) is 5.46. The Labute approximate surface area is 142 Å². The Balaban J connectivity index is 2.03. The standard InChI is InChI=1S/C18H24N4O2/c1-5-6-9-24-16-8-7-15(11-17(16)23-4)12-19-22-18-20-13(2)10-14(3)21-18/h7-8,10-12H,5-6,9H2,1-4H3,(H,20,21,22)/b19-12+. The van der Waals surface area contributed by atoms with Gasteiger partial charge in [-0.1, -0.05) is 13.3 Å². The van der Waals surface area contributed by atoms with E-state index in [9.17, 15) is 0 Å². The number of aromatic nitrogens is 2. The summed E-state index contributed by atoms with van der Waals surface area (Å²) in [5, 5.41) is 4.18. The largest absolute Gasteiger partial charge is 0.493 e. The zero-order chi connectivity index (χ0) is 17.4. The highest BCUT2D eigenvalue weighted by Crippen LogP contribution is 2.27. The van der Waals surface area contributed by atoms with Gasteiger partial charge in [0.15, 0.2) is 11.5 Å². The van der Waals surface area contributed by atoms with E-state index in [4.69, 9.17) is 9.47 Å². The molecular formula is C18H24N4O2. The third-order valence-corrected chi connectivity index (χ3v) is 3.30. The van der Waals surface area contributed by atoms with Crippen LogP contribution in [-0.2, 0) is 0 Å². The molecule has 24 heavy (non-hydrogen) atoms. The molecule has 2 rings (SSSR count). The summed E-state index contributed by atoms with van der Waals surface area (Å²) in [5.74, 6) is 1.92. The summed E-state index contributed by atoms with van der Waals surface area (Å²) in [5.41, 5.74) is 5.54. The van der Waals surface area contributed by atoms with Crippen LogP contribution in [0.25, 0.3) is 0 Å². The highest BCUT2D eigenvalue weighted by Gasteiger charge is 2.05. The van der Waals surface area contributed by atoms with Crippen molar-refractivity contribution < 1.29 is 9.47 Å². The number of rotatable bonds is 8. The zero-order valence-corrected chi connectivity index (χ0v) is 14.7. The van der Waals surface area contributed by atoms with Crippen molar-refractivity contribution in [2.45, 2.75) is 33.6 Å². The fraction of sp³-hybridized carbons (Fsp3) is 0.389. The van der Waals surface area contributed by atoms with Gasteiger partial charge < -0.3 is 9.47 Å². The lowest BCUT2D eigenvalue weighted by atomic mass is 10.2. The zero-order valence-electron chi connectivity index (χ0n) is 14.7. The topological polar surface area (TPSA) is 68.6 Å². The second kappa shape index (κ2) is 8.86. The van der Waals surface area contributed by atoms with Crippen LogP contribution < -0.4 is 14.9 Å². The minimum absolute atomic E-state index is 0.482. The molecule has 0 radical (unpaired) electrons. The SMILES string of the molecule is CCCCOc1ccc(/C=N/Nc2nc(C)cc(C)n2)cc1OC. The summed E-state index contributed by atoms with van der Waals surface area (Å²) >= 11 is 0. The van der Waals surface area contributed by atoms with Gasteiger partial charge in [0.05, 0.1) is 19.9 Å². The molecule has 0 aliphatic carbocycles. The van der Waals surface area contributed by atoms with Crippen LogP contribution >= 0.6 is 0 Å². The molecule has 0 bridgehead atoms.